The van der Waals surface area contributed by atoms with Gasteiger partial charge in [-0.25, -0.2) is 4.79 Å². The number of nitriles is 1. The van der Waals surface area contributed by atoms with Crippen LogP contribution in [0.15, 0.2) is 44.9 Å². The van der Waals surface area contributed by atoms with Crippen LogP contribution in [0.1, 0.15) is 64.5 Å². The van der Waals surface area contributed by atoms with Crippen molar-refractivity contribution in [2.45, 2.75) is 66.1 Å². The van der Waals surface area contributed by atoms with Crippen molar-refractivity contribution in [3.63, 3.8) is 0 Å². The second-order valence-electron chi connectivity index (χ2n) is 11.6. The molecule has 48 heavy (non-hydrogen) atoms. The third kappa shape index (κ3) is 6.32. The molecule has 1 aromatic heterocycles. The highest BCUT2D eigenvalue weighted by atomic mass is 35.5. The third-order valence-corrected chi connectivity index (χ3v) is 11.0. The van der Waals surface area contributed by atoms with Crippen molar-refractivity contribution in [1.29, 1.82) is 5.26 Å². The number of methoxy groups -OCH3 is 1. The lowest BCUT2D eigenvalue weighted by Crippen LogP contribution is -2.50. The number of alkyl halides is 3. The van der Waals surface area contributed by atoms with Crippen molar-refractivity contribution >= 4 is 64.2 Å². The molecule has 2 aromatic carbocycles. The first-order valence-corrected chi connectivity index (χ1v) is 16.9. The lowest BCUT2D eigenvalue weighted by molar-refractivity contribution is 0.0684. The Morgan fingerprint density at radius 2 is 1.96 bits per heavy atom. The van der Waals surface area contributed by atoms with Crippen molar-refractivity contribution in [2.75, 3.05) is 25.1 Å². The van der Waals surface area contributed by atoms with Crippen molar-refractivity contribution in [1.82, 2.24) is 14.8 Å². The molecule has 10 nitrogen and oxygen atoms in total. The van der Waals surface area contributed by atoms with Gasteiger partial charge in [-0.3, -0.25) is 14.5 Å². The molecule has 0 spiro atoms. The maximum Gasteiger partial charge on any atom is 0.362 e. The molecule has 1 atom stereocenters. The standard InChI is InChI=1S/C32H28Cl3F2N5O5S/c1-47-23-12-19-17(11-22(23)41-10-2-9-40(31(41)46)18-4-5-18)14-42(21(19)7-8-38)30(45)26-24(13-25(32(35,36)37)39-29(26)44)48-28-20(33)6-3-16(15-43)27(28)34/h3,6,11-13,18,21,43H,2,4-5,7,9-10,14-15H2,1H3,(H,39,44). The van der Waals surface area contributed by atoms with E-state index in [1.54, 1.807) is 17.0 Å². The van der Waals surface area contributed by atoms with E-state index >= 15 is 0 Å². The number of amides is 3. The summed E-state index contributed by atoms with van der Waals surface area (Å²) in [5.41, 5.74) is -0.580. The van der Waals surface area contributed by atoms with Gasteiger partial charge in [-0.2, -0.15) is 14.0 Å². The fourth-order valence-electron chi connectivity index (χ4n) is 6.14. The second-order valence-corrected chi connectivity index (χ2v) is 13.9. The predicted molar refractivity (Wildman–Crippen MR) is 176 cm³/mol. The zero-order valence-corrected chi connectivity index (χ0v) is 28.4. The van der Waals surface area contributed by atoms with E-state index in [2.05, 4.69) is 6.07 Å². The number of fused-ring (bicyclic) bond motifs is 1. The number of aromatic nitrogens is 1. The number of aliphatic hydroxyl groups excluding tert-OH is 1. The Kier molecular flexibility index (Phi) is 9.58. The topological polar surface area (TPSA) is 130 Å². The van der Waals surface area contributed by atoms with E-state index in [0.29, 0.717) is 47.4 Å². The number of urea groups is 1. The highest BCUT2D eigenvalue weighted by Crippen LogP contribution is 2.46. The molecule has 0 bridgehead atoms. The normalized spacial score (nSPS) is 17.8. The predicted octanol–water partition coefficient (Wildman–Crippen LogP) is 7.03. The molecular weight excluding hydrogens is 711 g/mol. The van der Waals surface area contributed by atoms with Crippen LogP contribution in [0.3, 0.4) is 0 Å². The van der Waals surface area contributed by atoms with Crippen LogP contribution >= 0.6 is 46.6 Å². The molecule has 16 heteroatoms. The van der Waals surface area contributed by atoms with E-state index in [0.717, 1.165) is 25.3 Å². The van der Waals surface area contributed by atoms with E-state index in [-0.39, 0.29) is 50.4 Å². The zero-order chi connectivity index (χ0) is 34.5. The number of carbonyl (C=O) groups excluding carboxylic acids is 2. The van der Waals surface area contributed by atoms with E-state index in [1.165, 1.54) is 24.1 Å². The summed E-state index contributed by atoms with van der Waals surface area (Å²) >= 11 is 18.8. The summed E-state index contributed by atoms with van der Waals surface area (Å²) in [5.74, 6) is -0.465. The van der Waals surface area contributed by atoms with Gasteiger partial charge in [-0.15, -0.1) is 0 Å². The molecule has 3 aromatic rings. The van der Waals surface area contributed by atoms with Crippen LogP contribution in [0.25, 0.3) is 0 Å². The zero-order valence-electron chi connectivity index (χ0n) is 25.4. The van der Waals surface area contributed by atoms with E-state index < -0.39 is 40.8 Å². The maximum atomic E-state index is 14.4. The SMILES string of the molecule is COc1cc2c(cc1N1CCCN(C3CC3)C1=O)CN(C(=O)c1c(Sc3c(Cl)ccc(CO)c3Cl)cc(C(F)(F)Cl)[nH]c1=O)C2CC#N. The minimum absolute atomic E-state index is 0.0101. The van der Waals surface area contributed by atoms with Crippen molar-refractivity contribution in [2.24, 2.45) is 0 Å². The van der Waals surface area contributed by atoms with Crippen LogP contribution in [-0.4, -0.2) is 58.1 Å². The number of aliphatic hydroxyl groups is 1. The Morgan fingerprint density at radius 3 is 2.60 bits per heavy atom. The van der Waals surface area contributed by atoms with Crippen molar-refractivity contribution < 1.29 is 28.2 Å². The number of rotatable bonds is 9. The van der Waals surface area contributed by atoms with Gasteiger partial charge in [0.2, 0.25) is 0 Å². The Bertz CT molecular complexity index is 1910. The van der Waals surface area contributed by atoms with Crippen molar-refractivity contribution in [3.05, 3.63) is 78.7 Å². The lowest BCUT2D eigenvalue weighted by Gasteiger charge is -2.36. The molecule has 1 aliphatic carbocycles. The van der Waals surface area contributed by atoms with Gasteiger partial charge >= 0.3 is 11.4 Å². The smallest absolute Gasteiger partial charge is 0.362 e. The largest absolute Gasteiger partial charge is 0.495 e. The van der Waals surface area contributed by atoms with Crippen LogP contribution in [0.5, 0.6) is 5.75 Å². The van der Waals surface area contributed by atoms with Gasteiger partial charge in [0.25, 0.3) is 11.5 Å². The van der Waals surface area contributed by atoms with Gasteiger partial charge in [-0.05, 0) is 71.8 Å². The summed E-state index contributed by atoms with van der Waals surface area (Å²) < 4.78 is 34.3. The number of nitrogens with one attached hydrogen (secondary N) is 1. The van der Waals surface area contributed by atoms with Crippen LogP contribution in [0.4, 0.5) is 19.3 Å². The van der Waals surface area contributed by atoms with Crippen LogP contribution in [-0.2, 0) is 18.5 Å². The third-order valence-electron chi connectivity index (χ3n) is 8.63. The number of hydrogen-bond donors (Lipinski definition) is 2. The fourth-order valence-corrected chi connectivity index (χ4v) is 7.97. The number of anilines is 1. The van der Waals surface area contributed by atoms with E-state index in [1.807, 2.05) is 9.88 Å². The Labute approximate surface area is 293 Å². The average Bonchev–Trinajstić information content (AvgIpc) is 3.83. The first kappa shape index (κ1) is 34.3. The summed E-state index contributed by atoms with van der Waals surface area (Å²) in [6, 6.07) is 8.60. The van der Waals surface area contributed by atoms with Gasteiger partial charge in [0, 0.05) is 35.5 Å². The average molecular weight is 739 g/mol. The number of pyridine rings is 1. The summed E-state index contributed by atoms with van der Waals surface area (Å²) in [7, 11) is 1.47. The Morgan fingerprint density at radius 1 is 1.21 bits per heavy atom. The lowest BCUT2D eigenvalue weighted by atomic mass is 10.0. The first-order valence-electron chi connectivity index (χ1n) is 14.9. The molecule has 252 valence electrons. The molecule has 0 radical (unpaired) electrons. The minimum atomic E-state index is -3.99. The molecule has 1 saturated heterocycles. The molecule has 1 unspecified atom stereocenters. The number of H-pyrrole nitrogens is 1. The molecule has 2 aliphatic heterocycles. The highest BCUT2D eigenvalue weighted by Gasteiger charge is 2.41. The van der Waals surface area contributed by atoms with Gasteiger partial charge in [0.1, 0.15) is 17.0 Å². The van der Waals surface area contributed by atoms with Gasteiger partial charge in [0.05, 0.1) is 48.0 Å². The summed E-state index contributed by atoms with van der Waals surface area (Å²) in [5, 5.41) is 15.6. The quantitative estimate of drug-likeness (QED) is 0.226. The second kappa shape index (κ2) is 13.4. The van der Waals surface area contributed by atoms with Crippen LogP contribution in [0, 0.1) is 11.3 Å². The number of aromatic amines is 1. The van der Waals surface area contributed by atoms with Crippen molar-refractivity contribution in [3.8, 4) is 11.8 Å². The Hall–Kier alpha value is -3.54. The van der Waals surface area contributed by atoms with Crippen LogP contribution in [0.2, 0.25) is 10.0 Å². The van der Waals surface area contributed by atoms with Gasteiger partial charge in [0.15, 0.2) is 0 Å². The Balaban J connectivity index is 1.42. The van der Waals surface area contributed by atoms with Gasteiger partial charge in [-0.1, -0.05) is 41.0 Å². The number of hydrogen-bond acceptors (Lipinski definition) is 7. The minimum Gasteiger partial charge on any atom is -0.495 e. The van der Waals surface area contributed by atoms with E-state index in [4.69, 9.17) is 39.5 Å². The molecule has 3 aliphatic rings. The highest BCUT2D eigenvalue weighted by molar-refractivity contribution is 7.99. The first-order chi connectivity index (χ1) is 22.9. The number of halogens is 5. The summed E-state index contributed by atoms with van der Waals surface area (Å²) in [6.07, 6.45) is 2.53. The van der Waals surface area contributed by atoms with E-state index in [9.17, 15) is 33.5 Å². The molecule has 1 saturated carbocycles. The van der Waals surface area contributed by atoms with Crippen LogP contribution < -0.4 is 15.2 Å². The fraction of sp³-hybridized carbons (Fsp3) is 0.375. The molecule has 6 rings (SSSR count). The van der Waals surface area contributed by atoms with Gasteiger partial charge < -0.3 is 24.6 Å². The number of nitrogens with zero attached hydrogens (tertiary/aromatic N) is 4. The molecular formula is C32H28Cl3F2N5O5S. The monoisotopic (exact) mass is 737 g/mol. The maximum absolute atomic E-state index is 14.4. The number of benzene rings is 2. The molecule has 2 fully saturated rings. The molecule has 3 heterocycles. The molecule has 3 amide bonds. The number of carbonyl (C=O) groups is 2. The summed E-state index contributed by atoms with van der Waals surface area (Å²) in [4.78, 5) is 48.0. The molecule has 2 N–H and O–H groups in total. The number of ether oxygens (including phenoxy) is 1. The summed E-state index contributed by atoms with van der Waals surface area (Å²) in [6.45, 7) is 0.635.